The van der Waals surface area contributed by atoms with Crippen molar-refractivity contribution in [1.29, 1.82) is 0 Å². The minimum absolute atomic E-state index is 0.0716. The van der Waals surface area contributed by atoms with Gasteiger partial charge in [0.05, 0.1) is 0 Å². The summed E-state index contributed by atoms with van der Waals surface area (Å²) < 4.78 is 0. The van der Waals surface area contributed by atoms with Gasteiger partial charge in [0.15, 0.2) is 0 Å². The summed E-state index contributed by atoms with van der Waals surface area (Å²) in [6.45, 7) is 6.45. The second-order valence-electron chi connectivity index (χ2n) is 5.68. The van der Waals surface area contributed by atoms with Crippen molar-refractivity contribution in [3.63, 3.8) is 0 Å². The van der Waals surface area contributed by atoms with Crippen LogP contribution in [0.15, 0.2) is 12.1 Å². The highest BCUT2D eigenvalue weighted by Gasteiger charge is 2.24. The molecule has 2 N–H and O–H groups in total. The third kappa shape index (κ3) is 4.17. The third-order valence-electron chi connectivity index (χ3n) is 3.90. The summed E-state index contributed by atoms with van der Waals surface area (Å²) in [6, 6.07) is 3.67. The molecule has 1 aliphatic heterocycles. The zero-order chi connectivity index (χ0) is 15.2. The van der Waals surface area contributed by atoms with Crippen molar-refractivity contribution >= 4 is 11.7 Å². The van der Waals surface area contributed by atoms with E-state index in [1.165, 1.54) is 0 Å². The van der Waals surface area contributed by atoms with Gasteiger partial charge in [0.25, 0.3) is 5.91 Å². The summed E-state index contributed by atoms with van der Waals surface area (Å²) in [6.07, 6.45) is 2.89. The van der Waals surface area contributed by atoms with Crippen molar-refractivity contribution in [1.82, 2.24) is 9.88 Å². The van der Waals surface area contributed by atoms with Crippen molar-refractivity contribution in [2.75, 3.05) is 31.6 Å². The van der Waals surface area contributed by atoms with Crippen molar-refractivity contribution in [3.8, 4) is 0 Å². The van der Waals surface area contributed by atoms with Gasteiger partial charge in [-0.25, -0.2) is 4.98 Å². The molecule has 5 nitrogen and oxygen atoms in total. The van der Waals surface area contributed by atoms with E-state index in [9.17, 15) is 4.79 Å². The number of aromatic nitrogens is 1. The van der Waals surface area contributed by atoms with Crippen LogP contribution in [0.25, 0.3) is 0 Å². The van der Waals surface area contributed by atoms with Crippen molar-refractivity contribution in [2.45, 2.75) is 33.1 Å². The number of carbonyl (C=O) groups excluding carboxylic acids is 1. The Morgan fingerprint density at radius 3 is 3.05 bits per heavy atom. The van der Waals surface area contributed by atoms with Crippen LogP contribution in [0.4, 0.5) is 5.82 Å². The molecule has 1 amide bonds. The van der Waals surface area contributed by atoms with E-state index >= 15 is 0 Å². The van der Waals surface area contributed by atoms with E-state index in [4.69, 9.17) is 5.11 Å². The molecule has 2 heterocycles. The maximum absolute atomic E-state index is 12.7. The quantitative estimate of drug-likeness (QED) is 0.871. The molecule has 0 saturated carbocycles. The summed E-state index contributed by atoms with van der Waals surface area (Å²) in [4.78, 5) is 19.0. The van der Waals surface area contributed by atoms with E-state index in [-0.39, 0.29) is 12.5 Å². The molecule has 1 fully saturated rings. The molecule has 0 aliphatic carbocycles. The van der Waals surface area contributed by atoms with Crippen molar-refractivity contribution in [2.24, 2.45) is 5.92 Å². The Hall–Kier alpha value is -1.62. The monoisotopic (exact) mass is 291 g/mol. The molecule has 1 aromatic heterocycles. The lowest BCUT2D eigenvalue weighted by molar-refractivity contribution is 0.0653. The first-order valence-corrected chi connectivity index (χ1v) is 7.76. The molecular formula is C16H25N3O2. The number of carbonyl (C=O) groups is 1. The van der Waals surface area contributed by atoms with E-state index in [1.54, 1.807) is 0 Å². The minimum Gasteiger partial charge on any atom is -0.396 e. The largest absolute Gasteiger partial charge is 0.396 e. The zero-order valence-electron chi connectivity index (χ0n) is 12.9. The summed E-state index contributed by atoms with van der Waals surface area (Å²) in [7, 11) is 0. The standard InChI is InChI=1S/C16H25N3O2/c1-3-17-15-10-14(9-12(2)18-15)16(21)19-7-4-5-13(11-19)6-8-20/h9-10,13,20H,3-8,11H2,1-2H3,(H,17,18). The van der Waals surface area contributed by atoms with Gasteiger partial charge in [-0.05, 0) is 51.2 Å². The van der Waals surface area contributed by atoms with E-state index in [0.717, 1.165) is 50.4 Å². The highest BCUT2D eigenvalue weighted by Crippen LogP contribution is 2.22. The molecule has 0 aromatic carbocycles. The zero-order valence-corrected chi connectivity index (χ0v) is 12.9. The van der Waals surface area contributed by atoms with E-state index in [1.807, 2.05) is 30.9 Å². The van der Waals surface area contributed by atoms with Crippen LogP contribution in [0.5, 0.6) is 0 Å². The number of aliphatic hydroxyl groups is 1. The number of rotatable bonds is 5. The van der Waals surface area contributed by atoms with Crippen LogP contribution in [0.2, 0.25) is 0 Å². The molecule has 1 saturated heterocycles. The molecule has 116 valence electrons. The molecule has 1 aliphatic rings. The topological polar surface area (TPSA) is 65.5 Å². The van der Waals surface area contributed by atoms with Gasteiger partial charge in [0.1, 0.15) is 5.82 Å². The molecule has 21 heavy (non-hydrogen) atoms. The number of hydrogen-bond acceptors (Lipinski definition) is 4. The van der Waals surface area contributed by atoms with Crippen LogP contribution in [-0.4, -0.2) is 47.1 Å². The third-order valence-corrected chi connectivity index (χ3v) is 3.90. The molecule has 1 aromatic rings. The van der Waals surface area contributed by atoms with Crippen LogP contribution in [0.1, 0.15) is 42.2 Å². The maximum atomic E-state index is 12.7. The average Bonchev–Trinajstić information content (AvgIpc) is 2.47. The molecule has 0 spiro atoms. The first-order valence-electron chi connectivity index (χ1n) is 7.76. The number of amides is 1. The van der Waals surface area contributed by atoms with Crippen LogP contribution in [0.3, 0.4) is 0 Å². The summed E-state index contributed by atoms with van der Waals surface area (Å²) in [5, 5.41) is 12.2. The van der Waals surface area contributed by atoms with Crippen LogP contribution < -0.4 is 5.32 Å². The van der Waals surface area contributed by atoms with Gasteiger partial charge in [-0.15, -0.1) is 0 Å². The second-order valence-corrected chi connectivity index (χ2v) is 5.68. The SMILES string of the molecule is CCNc1cc(C(=O)N2CCCC(CCO)C2)cc(C)n1. The molecule has 2 rings (SSSR count). The number of pyridine rings is 1. The lowest BCUT2D eigenvalue weighted by Crippen LogP contribution is -2.40. The van der Waals surface area contributed by atoms with Crippen LogP contribution in [0, 0.1) is 12.8 Å². The number of likely N-dealkylation sites (tertiary alicyclic amines) is 1. The first kappa shape index (κ1) is 15.8. The van der Waals surface area contributed by atoms with E-state index in [2.05, 4.69) is 10.3 Å². The van der Waals surface area contributed by atoms with Gasteiger partial charge >= 0.3 is 0 Å². The van der Waals surface area contributed by atoms with Gasteiger partial charge in [-0.1, -0.05) is 0 Å². The Morgan fingerprint density at radius 2 is 2.33 bits per heavy atom. The molecule has 1 unspecified atom stereocenters. The fourth-order valence-electron chi connectivity index (χ4n) is 2.91. The lowest BCUT2D eigenvalue weighted by atomic mass is 9.94. The summed E-state index contributed by atoms with van der Waals surface area (Å²) in [5.41, 5.74) is 1.55. The average molecular weight is 291 g/mol. The fourth-order valence-corrected chi connectivity index (χ4v) is 2.91. The van der Waals surface area contributed by atoms with Crippen LogP contribution in [-0.2, 0) is 0 Å². The number of aryl methyl sites for hydroxylation is 1. The number of nitrogens with one attached hydrogen (secondary N) is 1. The Bertz CT molecular complexity index is 488. The smallest absolute Gasteiger partial charge is 0.254 e. The second kappa shape index (κ2) is 7.41. The number of hydrogen-bond donors (Lipinski definition) is 2. The predicted molar refractivity (Wildman–Crippen MR) is 83.5 cm³/mol. The number of piperidine rings is 1. The summed E-state index contributed by atoms with van der Waals surface area (Å²) >= 11 is 0. The highest BCUT2D eigenvalue weighted by molar-refractivity contribution is 5.95. The van der Waals surface area contributed by atoms with Gasteiger partial charge < -0.3 is 15.3 Å². The lowest BCUT2D eigenvalue weighted by Gasteiger charge is -2.32. The molecular weight excluding hydrogens is 266 g/mol. The summed E-state index contributed by atoms with van der Waals surface area (Å²) in [5.74, 6) is 1.25. The Kier molecular flexibility index (Phi) is 5.56. The van der Waals surface area contributed by atoms with Crippen molar-refractivity contribution < 1.29 is 9.90 Å². The van der Waals surface area contributed by atoms with Crippen LogP contribution >= 0.6 is 0 Å². The normalized spacial score (nSPS) is 18.6. The molecule has 1 atom stereocenters. The molecule has 0 bridgehead atoms. The van der Waals surface area contributed by atoms with Gasteiger partial charge in [-0.2, -0.15) is 0 Å². The molecule has 5 heteroatoms. The van der Waals surface area contributed by atoms with E-state index in [0.29, 0.717) is 11.5 Å². The van der Waals surface area contributed by atoms with E-state index < -0.39 is 0 Å². The Morgan fingerprint density at radius 1 is 1.52 bits per heavy atom. The predicted octanol–water partition coefficient (Wildman–Crippen LogP) is 2.06. The fraction of sp³-hybridized carbons (Fsp3) is 0.625. The number of anilines is 1. The van der Waals surface area contributed by atoms with Gasteiger partial charge in [0, 0.05) is 37.5 Å². The maximum Gasteiger partial charge on any atom is 0.254 e. The van der Waals surface area contributed by atoms with Gasteiger partial charge in [0.2, 0.25) is 0 Å². The minimum atomic E-state index is 0.0716. The molecule has 0 radical (unpaired) electrons. The first-order chi connectivity index (χ1) is 10.1. The number of aliphatic hydroxyl groups excluding tert-OH is 1. The highest BCUT2D eigenvalue weighted by atomic mass is 16.3. The Labute approximate surface area is 126 Å². The van der Waals surface area contributed by atoms with Crippen molar-refractivity contribution in [3.05, 3.63) is 23.4 Å². The number of nitrogens with zero attached hydrogens (tertiary/aromatic N) is 2. The Balaban J connectivity index is 2.11. The van der Waals surface area contributed by atoms with Gasteiger partial charge in [-0.3, -0.25) is 4.79 Å².